The Balaban J connectivity index is 1.75. The second-order valence-corrected chi connectivity index (χ2v) is 5.48. The number of nitrogen functional groups attached to an aromatic ring is 1. The topological polar surface area (TPSA) is 89.2 Å². The van der Waals surface area contributed by atoms with Gasteiger partial charge in [0.1, 0.15) is 5.75 Å². The number of para-hydroxylation sites is 1. The lowest BCUT2D eigenvalue weighted by molar-refractivity contribution is 0.415. The molecule has 25 heavy (non-hydrogen) atoms. The summed E-state index contributed by atoms with van der Waals surface area (Å²) in [6.07, 6.45) is 0. The van der Waals surface area contributed by atoms with Crippen LogP contribution in [0.3, 0.4) is 0 Å². The van der Waals surface area contributed by atoms with Gasteiger partial charge in [-0.3, -0.25) is 0 Å². The van der Waals surface area contributed by atoms with Crippen molar-refractivity contribution in [1.29, 1.82) is 0 Å². The van der Waals surface area contributed by atoms with E-state index in [4.69, 9.17) is 10.5 Å². The van der Waals surface area contributed by atoms with Gasteiger partial charge in [0, 0.05) is 18.4 Å². The second-order valence-electron chi connectivity index (χ2n) is 5.48. The van der Waals surface area contributed by atoms with Crippen molar-refractivity contribution in [1.82, 2.24) is 15.0 Å². The van der Waals surface area contributed by atoms with Gasteiger partial charge in [0.05, 0.1) is 13.7 Å². The zero-order valence-electron chi connectivity index (χ0n) is 14.2. The molecule has 0 bridgehead atoms. The summed E-state index contributed by atoms with van der Waals surface area (Å²) in [5.41, 5.74) is 7.75. The maximum atomic E-state index is 5.83. The van der Waals surface area contributed by atoms with Gasteiger partial charge in [-0.1, -0.05) is 18.2 Å². The van der Waals surface area contributed by atoms with Gasteiger partial charge < -0.3 is 20.7 Å². The van der Waals surface area contributed by atoms with Crippen molar-refractivity contribution in [3.8, 4) is 5.75 Å². The number of methoxy groups -OCH3 is 1. The molecule has 128 valence electrons. The molecule has 3 aromatic rings. The Labute approximate surface area is 146 Å². The van der Waals surface area contributed by atoms with Crippen molar-refractivity contribution in [2.75, 3.05) is 30.1 Å². The molecule has 0 unspecified atom stereocenters. The first-order valence-corrected chi connectivity index (χ1v) is 7.82. The Morgan fingerprint density at radius 3 is 2.40 bits per heavy atom. The summed E-state index contributed by atoms with van der Waals surface area (Å²) < 4.78 is 5.15. The average molecular weight is 336 g/mol. The van der Waals surface area contributed by atoms with Crippen LogP contribution in [-0.2, 0) is 6.54 Å². The highest BCUT2D eigenvalue weighted by molar-refractivity contribution is 5.55. The molecule has 0 aliphatic carbocycles. The van der Waals surface area contributed by atoms with Crippen LogP contribution >= 0.6 is 0 Å². The summed E-state index contributed by atoms with van der Waals surface area (Å²) in [5, 5.41) is 3.13. The largest absolute Gasteiger partial charge is 0.497 e. The molecule has 0 aliphatic heterocycles. The summed E-state index contributed by atoms with van der Waals surface area (Å²) in [7, 11) is 3.61. The predicted molar refractivity (Wildman–Crippen MR) is 99.1 cm³/mol. The minimum atomic E-state index is 0.183. The minimum Gasteiger partial charge on any atom is -0.497 e. The van der Waals surface area contributed by atoms with Gasteiger partial charge in [-0.25, -0.2) is 0 Å². The van der Waals surface area contributed by atoms with E-state index in [0.29, 0.717) is 18.3 Å². The SMILES string of the molecule is COc1ccc(Nc2nc(N)nc(CN(C)c3ccccc3)n2)cc1. The third kappa shape index (κ3) is 4.35. The standard InChI is InChI=1S/C18H20N6O/c1-24(14-6-4-3-5-7-14)12-16-21-17(19)23-18(22-16)20-13-8-10-15(25-2)11-9-13/h3-11H,12H2,1-2H3,(H3,19,20,21,22,23). The number of benzene rings is 2. The maximum absolute atomic E-state index is 5.83. The summed E-state index contributed by atoms with van der Waals surface area (Å²) in [4.78, 5) is 14.9. The molecular formula is C18H20N6O. The summed E-state index contributed by atoms with van der Waals surface area (Å²) in [6, 6.07) is 17.5. The molecule has 0 saturated heterocycles. The molecule has 2 aromatic carbocycles. The van der Waals surface area contributed by atoms with E-state index in [9.17, 15) is 0 Å². The lowest BCUT2D eigenvalue weighted by Gasteiger charge is -2.18. The second kappa shape index (κ2) is 7.48. The Bertz CT molecular complexity index is 823. The van der Waals surface area contributed by atoms with Crippen LogP contribution in [0.25, 0.3) is 0 Å². The van der Waals surface area contributed by atoms with Crippen molar-refractivity contribution >= 4 is 23.3 Å². The number of aromatic nitrogens is 3. The predicted octanol–water partition coefficient (Wildman–Crippen LogP) is 2.84. The van der Waals surface area contributed by atoms with Gasteiger partial charge in [0.2, 0.25) is 11.9 Å². The van der Waals surface area contributed by atoms with E-state index in [1.807, 2.05) is 66.5 Å². The first-order valence-electron chi connectivity index (χ1n) is 7.82. The quantitative estimate of drug-likeness (QED) is 0.715. The fourth-order valence-electron chi connectivity index (χ4n) is 2.35. The number of rotatable bonds is 6. The fourth-order valence-corrected chi connectivity index (χ4v) is 2.35. The van der Waals surface area contributed by atoms with E-state index < -0.39 is 0 Å². The minimum absolute atomic E-state index is 0.183. The van der Waals surface area contributed by atoms with E-state index in [2.05, 4.69) is 20.3 Å². The average Bonchev–Trinajstić information content (AvgIpc) is 2.62. The van der Waals surface area contributed by atoms with Crippen LogP contribution in [0, 0.1) is 0 Å². The van der Waals surface area contributed by atoms with Crippen LogP contribution in [0.5, 0.6) is 5.75 Å². The van der Waals surface area contributed by atoms with E-state index in [1.54, 1.807) is 7.11 Å². The smallest absolute Gasteiger partial charge is 0.232 e. The first kappa shape index (κ1) is 16.5. The number of nitrogens with zero attached hydrogens (tertiary/aromatic N) is 4. The number of hydrogen-bond donors (Lipinski definition) is 2. The molecule has 0 spiro atoms. The van der Waals surface area contributed by atoms with Crippen molar-refractivity contribution in [2.45, 2.75) is 6.54 Å². The molecule has 0 aliphatic rings. The van der Waals surface area contributed by atoms with Crippen molar-refractivity contribution in [2.24, 2.45) is 0 Å². The molecule has 0 saturated carbocycles. The highest BCUT2D eigenvalue weighted by Gasteiger charge is 2.08. The molecule has 3 N–H and O–H groups in total. The highest BCUT2D eigenvalue weighted by Crippen LogP contribution is 2.19. The zero-order chi connectivity index (χ0) is 17.6. The molecule has 3 rings (SSSR count). The van der Waals surface area contributed by atoms with Crippen LogP contribution in [0.2, 0.25) is 0 Å². The molecule has 0 fully saturated rings. The number of nitrogens with two attached hydrogens (primary N) is 1. The lowest BCUT2D eigenvalue weighted by atomic mass is 10.3. The highest BCUT2D eigenvalue weighted by atomic mass is 16.5. The molecule has 1 heterocycles. The number of ether oxygens (including phenoxy) is 1. The normalized spacial score (nSPS) is 10.3. The molecule has 0 radical (unpaired) electrons. The third-order valence-electron chi connectivity index (χ3n) is 3.62. The fraction of sp³-hybridized carbons (Fsp3) is 0.167. The first-order chi connectivity index (χ1) is 12.1. The van der Waals surface area contributed by atoms with E-state index in [0.717, 1.165) is 17.1 Å². The number of nitrogens with one attached hydrogen (secondary N) is 1. The summed E-state index contributed by atoms with van der Waals surface area (Å²) in [5.74, 6) is 1.97. The van der Waals surface area contributed by atoms with Crippen molar-refractivity contribution in [3.63, 3.8) is 0 Å². The lowest BCUT2D eigenvalue weighted by Crippen LogP contribution is -2.19. The van der Waals surface area contributed by atoms with Crippen molar-refractivity contribution < 1.29 is 4.74 Å². The zero-order valence-corrected chi connectivity index (χ0v) is 14.2. The molecule has 7 heteroatoms. The van der Waals surface area contributed by atoms with Crippen molar-refractivity contribution in [3.05, 3.63) is 60.4 Å². The van der Waals surface area contributed by atoms with Gasteiger partial charge in [-0.2, -0.15) is 15.0 Å². The monoisotopic (exact) mass is 336 g/mol. The Morgan fingerprint density at radius 1 is 1.00 bits per heavy atom. The molecule has 0 amide bonds. The van der Waals surface area contributed by atoms with E-state index >= 15 is 0 Å². The molecular weight excluding hydrogens is 316 g/mol. The van der Waals surface area contributed by atoms with Crippen LogP contribution < -0.4 is 20.7 Å². The van der Waals surface area contributed by atoms with Gasteiger partial charge in [0.25, 0.3) is 0 Å². The van der Waals surface area contributed by atoms with Crippen LogP contribution in [0.4, 0.5) is 23.3 Å². The van der Waals surface area contributed by atoms with Gasteiger partial charge in [-0.05, 0) is 36.4 Å². The van der Waals surface area contributed by atoms with Crippen LogP contribution in [-0.4, -0.2) is 29.1 Å². The molecule has 7 nitrogen and oxygen atoms in total. The van der Waals surface area contributed by atoms with Gasteiger partial charge >= 0.3 is 0 Å². The molecule has 1 aromatic heterocycles. The Morgan fingerprint density at radius 2 is 1.72 bits per heavy atom. The summed E-state index contributed by atoms with van der Waals surface area (Å²) >= 11 is 0. The summed E-state index contributed by atoms with van der Waals surface area (Å²) in [6.45, 7) is 0.522. The number of hydrogen-bond acceptors (Lipinski definition) is 7. The van der Waals surface area contributed by atoms with Crippen LogP contribution in [0.1, 0.15) is 5.82 Å². The van der Waals surface area contributed by atoms with E-state index in [1.165, 1.54) is 0 Å². The van der Waals surface area contributed by atoms with Gasteiger partial charge in [0.15, 0.2) is 5.82 Å². The van der Waals surface area contributed by atoms with E-state index in [-0.39, 0.29) is 5.95 Å². The molecule has 0 atom stereocenters. The van der Waals surface area contributed by atoms with Crippen LogP contribution in [0.15, 0.2) is 54.6 Å². The van der Waals surface area contributed by atoms with Gasteiger partial charge in [-0.15, -0.1) is 0 Å². The Hall–Kier alpha value is -3.35. The number of anilines is 4. The maximum Gasteiger partial charge on any atom is 0.232 e. The Kier molecular flexibility index (Phi) is 4.94. The third-order valence-corrected chi connectivity index (χ3v) is 3.62.